The van der Waals surface area contributed by atoms with Crippen molar-refractivity contribution in [3.8, 4) is 45.3 Å². The number of aliphatic hydroxyl groups excluding tert-OH is 1. The molecule has 0 saturated heterocycles. The molecule has 2 N–H and O–H groups in total. The number of nitrogens with one attached hydrogen (secondary N) is 1. The third kappa shape index (κ3) is 5.91. The largest absolute Gasteiger partial charge is 0.432 e. The molecule has 2 saturated carbocycles. The van der Waals surface area contributed by atoms with Crippen LogP contribution in [0.3, 0.4) is 0 Å². The van der Waals surface area contributed by atoms with Crippen LogP contribution in [0.4, 0.5) is 0 Å². The number of benzene rings is 2. The van der Waals surface area contributed by atoms with Crippen LogP contribution in [0.1, 0.15) is 37.8 Å². The summed E-state index contributed by atoms with van der Waals surface area (Å²) in [4.78, 5) is 45.2. The van der Waals surface area contributed by atoms with Crippen LogP contribution < -0.4 is 11.1 Å². The Labute approximate surface area is 321 Å². The van der Waals surface area contributed by atoms with E-state index in [2.05, 4.69) is 24.9 Å². The second kappa shape index (κ2) is 13.4. The predicted octanol–water partition coefficient (Wildman–Crippen LogP) is 5.68. The van der Waals surface area contributed by atoms with Crippen LogP contribution in [-0.4, -0.2) is 70.1 Å². The molecule has 8 heterocycles. The van der Waals surface area contributed by atoms with Crippen LogP contribution in [0.25, 0.3) is 78.8 Å². The average Bonchev–Trinajstić information content (AvgIpc) is 3.79. The second-order valence-electron chi connectivity index (χ2n) is 13.9. The second-order valence-corrected chi connectivity index (χ2v) is 13.9. The molecule has 0 unspecified atom stereocenters. The molecule has 0 bridgehead atoms. The van der Waals surface area contributed by atoms with Crippen LogP contribution >= 0.6 is 0 Å². The number of rotatable bonds is 6. The van der Waals surface area contributed by atoms with Gasteiger partial charge in [0.1, 0.15) is 35.3 Å². The van der Waals surface area contributed by atoms with Crippen molar-refractivity contribution in [1.29, 1.82) is 0 Å². The van der Waals surface area contributed by atoms with Crippen LogP contribution in [0, 0.1) is 0 Å². The van der Waals surface area contributed by atoms with Crippen LogP contribution in [0.2, 0.25) is 0 Å². The van der Waals surface area contributed by atoms with E-state index in [9.17, 15) is 9.59 Å². The lowest BCUT2D eigenvalue weighted by Crippen LogP contribution is -2.16. The summed E-state index contributed by atoms with van der Waals surface area (Å²) >= 11 is 0. The fourth-order valence-electron chi connectivity index (χ4n) is 7.07. The zero-order valence-corrected chi connectivity index (χ0v) is 30.7. The highest BCUT2D eigenvalue weighted by atomic mass is 16.3. The first-order valence-corrected chi connectivity index (χ1v) is 18.4. The minimum Gasteiger partial charge on any atom is -0.432 e. The molecular formula is C40H34N12O5. The van der Waals surface area contributed by atoms with Gasteiger partial charge in [0.2, 0.25) is 0 Å². The molecule has 2 fully saturated rings. The van der Waals surface area contributed by atoms with Gasteiger partial charge in [0.25, 0.3) is 11.1 Å². The number of aryl methyl sites for hydroxylation is 1. The zero-order chi connectivity index (χ0) is 38.8. The summed E-state index contributed by atoms with van der Waals surface area (Å²) in [6.07, 6.45) is 18.4. The molecule has 17 nitrogen and oxygen atoms in total. The number of hydrogen-bond donors (Lipinski definition) is 2. The average molecular weight is 763 g/mol. The lowest BCUT2D eigenvalue weighted by Gasteiger charge is -2.06. The third-order valence-electron chi connectivity index (χ3n) is 10.2. The van der Waals surface area contributed by atoms with Gasteiger partial charge in [-0.25, -0.2) is 9.97 Å². The summed E-state index contributed by atoms with van der Waals surface area (Å²) in [6.45, 7) is 0. The highest BCUT2D eigenvalue weighted by molar-refractivity contribution is 5.88. The summed E-state index contributed by atoms with van der Waals surface area (Å²) in [5, 5.41) is 17.5. The Bertz CT molecular complexity index is 3220. The zero-order valence-electron chi connectivity index (χ0n) is 30.7. The van der Waals surface area contributed by atoms with Crippen molar-refractivity contribution >= 4 is 33.5 Å². The Morgan fingerprint density at radius 3 is 1.75 bits per heavy atom. The maximum atomic E-state index is 12.6. The normalized spacial score (nSPS) is 13.9. The van der Waals surface area contributed by atoms with Gasteiger partial charge in [-0.05, 0) is 62.1 Å². The van der Waals surface area contributed by atoms with Crippen LogP contribution in [-0.2, 0) is 7.05 Å². The van der Waals surface area contributed by atoms with E-state index >= 15 is 0 Å². The Morgan fingerprint density at radius 2 is 1.21 bits per heavy atom. The molecule has 284 valence electrons. The topological polar surface area (TPSA) is 197 Å². The lowest BCUT2D eigenvalue weighted by atomic mass is 10.1. The van der Waals surface area contributed by atoms with Gasteiger partial charge in [0.15, 0.2) is 0 Å². The number of imidazole rings is 2. The van der Waals surface area contributed by atoms with E-state index < -0.39 is 0 Å². The minimum absolute atomic E-state index is 0.0839. The first kappa shape index (κ1) is 34.1. The number of oxazole rings is 2. The molecule has 0 amide bonds. The van der Waals surface area contributed by atoms with Gasteiger partial charge < -0.3 is 23.5 Å². The molecule has 0 radical (unpaired) electrons. The van der Waals surface area contributed by atoms with Gasteiger partial charge in [0.05, 0.1) is 57.9 Å². The summed E-state index contributed by atoms with van der Waals surface area (Å²) in [5.41, 5.74) is 7.50. The van der Waals surface area contributed by atoms with Crippen molar-refractivity contribution in [3.05, 3.63) is 119 Å². The SMILES string of the molecule is CO.Cn1cnc2ccc(-c3c(-c4ccn(C5CC5)n4)nc4occn34)cc2c1=O.O=c1[nH]cnc2ccc(-c3c(-c4ccn(C5CC5)n4)nc4occn34)cc12. The molecule has 10 aromatic rings. The molecule has 57 heavy (non-hydrogen) atoms. The number of hydrogen-bond acceptors (Lipinski definition) is 11. The highest BCUT2D eigenvalue weighted by Crippen LogP contribution is 2.39. The van der Waals surface area contributed by atoms with Crippen molar-refractivity contribution in [2.75, 3.05) is 7.11 Å². The number of fused-ring (bicyclic) bond motifs is 4. The monoisotopic (exact) mass is 762 g/mol. The first-order valence-electron chi connectivity index (χ1n) is 18.4. The van der Waals surface area contributed by atoms with E-state index in [4.69, 9.17) is 24.1 Å². The van der Waals surface area contributed by atoms with Crippen molar-refractivity contribution in [2.45, 2.75) is 37.8 Å². The minimum atomic E-state index is -0.172. The lowest BCUT2D eigenvalue weighted by molar-refractivity contribution is 0.399. The van der Waals surface area contributed by atoms with Crippen molar-refractivity contribution < 1.29 is 13.9 Å². The van der Waals surface area contributed by atoms with E-state index in [0.717, 1.165) is 52.4 Å². The van der Waals surface area contributed by atoms with Gasteiger partial charge >= 0.3 is 11.7 Å². The van der Waals surface area contributed by atoms with Crippen molar-refractivity contribution in [1.82, 2.24) is 57.8 Å². The molecule has 17 heteroatoms. The van der Waals surface area contributed by atoms with Gasteiger partial charge in [-0.2, -0.15) is 20.2 Å². The number of aromatic nitrogens is 12. The van der Waals surface area contributed by atoms with Gasteiger partial charge in [-0.3, -0.25) is 27.8 Å². The summed E-state index contributed by atoms with van der Waals surface area (Å²) in [6, 6.07) is 16.2. The van der Waals surface area contributed by atoms with Gasteiger partial charge in [0, 0.05) is 50.1 Å². The van der Waals surface area contributed by atoms with E-state index in [-0.39, 0.29) is 11.1 Å². The molecule has 2 aliphatic rings. The van der Waals surface area contributed by atoms with Crippen molar-refractivity contribution in [2.24, 2.45) is 7.05 Å². The number of nitrogens with zero attached hydrogens (tertiary/aromatic N) is 11. The molecular weight excluding hydrogens is 729 g/mol. The fourth-order valence-corrected chi connectivity index (χ4v) is 7.07. The van der Waals surface area contributed by atoms with Crippen molar-refractivity contribution in [3.63, 3.8) is 0 Å². The van der Waals surface area contributed by atoms with Crippen LogP contribution in [0.15, 0.2) is 117 Å². The molecule has 12 rings (SSSR count). The number of aromatic amines is 1. The molecule has 0 spiro atoms. The van der Waals surface area contributed by atoms with Gasteiger partial charge in [-0.15, -0.1) is 0 Å². The summed E-state index contributed by atoms with van der Waals surface area (Å²) < 4.78 is 20.2. The highest BCUT2D eigenvalue weighted by Gasteiger charge is 2.28. The molecule has 0 aliphatic heterocycles. The van der Waals surface area contributed by atoms with Gasteiger partial charge in [-0.1, -0.05) is 12.1 Å². The standard InChI is InChI=1S/C20H16N6O2.C19H14N6O2.CH4O/c1-24-11-21-15-5-2-12(10-14(15)19(24)27)18-17(22-20-25(18)8-9-28-20)16-6-7-26(23-16)13-3-4-13;26-18-13-9-11(1-4-14(13)20-10-21-18)17-16(22-19-24(17)7-8-27-19)15-5-6-25(23-15)12-2-3-12;1-2/h2,5-11,13H,3-4H2,1H3;1,4-10,12H,2-3H2,(H,20,21,26);2H,1H3. The quantitative estimate of drug-likeness (QED) is 0.212. The molecule has 0 atom stereocenters. The molecule has 8 aromatic heterocycles. The maximum absolute atomic E-state index is 12.6. The Kier molecular flexibility index (Phi) is 8.03. The fraction of sp³-hybridized carbons (Fsp3) is 0.200. The van der Waals surface area contributed by atoms with Crippen LogP contribution in [0.5, 0.6) is 0 Å². The summed E-state index contributed by atoms with van der Waals surface area (Å²) in [5.74, 6) is 0.978. The number of H-pyrrole nitrogens is 1. The Hall–Kier alpha value is -7.40. The third-order valence-corrected chi connectivity index (χ3v) is 10.2. The molecule has 2 aliphatic carbocycles. The Balaban J connectivity index is 0.000000133. The number of aliphatic hydroxyl groups is 1. The van der Waals surface area contributed by atoms with E-state index in [1.807, 2.05) is 91.5 Å². The predicted molar refractivity (Wildman–Crippen MR) is 209 cm³/mol. The molecule has 2 aromatic carbocycles. The van der Waals surface area contributed by atoms with E-state index in [0.29, 0.717) is 45.6 Å². The van der Waals surface area contributed by atoms with E-state index in [1.54, 1.807) is 19.6 Å². The first-order chi connectivity index (χ1) is 28.0. The smallest absolute Gasteiger partial charge is 0.306 e. The maximum Gasteiger partial charge on any atom is 0.306 e. The van der Waals surface area contributed by atoms with E-state index in [1.165, 1.54) is 42.9 Å². The summed E-state index contributed by atoms with van der Waals surface area (Å²) in [7, 11) is 2.70. The Morgan fingerprint density at radius 1 is 0.684 bits per heavy atom.